The average molecular weight is 348 g/mol. The molecule has 6 nitrogen and oxygen atoms in total. The van der Waals surface area contributed by atoms with Crippen LogP contribution in [0.2, 0.25) is 0 Å². The summed E-state index contributed by atoms with van der Waals surface area (Å²) in [6.45, 7) is 0.368. The maximum absolute atomic E-state index is 12.6. The monoisotopic (exact) mass is 348 g/mol. The Hall–Kier alpha value is -3.16. The Bertz CT molecular complexity index is 971. The predicted molar refractivity (Wildman–Crippen MR) is 100 cm³/mol. The molecule has 7 heteroatoms. The molecule has 0 aliphatic heterocycles. The third kappa shape index (κ3) is 4.08. The molecule has 0 spiro atoms. The summed E-state index contributed by atoms with van der Waals surface area (Å²) in [4.78, 5) is 25.1. The first-order valence-corrected chi connectivity index (χ1v) is 8.05. The third-order valence-corrected chi connectivity index (χ3v) is 3.90. The van der Waals surface area contributed by atoms with E-state index in [0.29, 0.717) is 12.2 Å². The molecule has 3 rings (SSSR count). The molecule has 1 amide bonds. The highest BCUT2D eigenvalue weighted by atomic mass is 16.4. The minimum absolute atomic E-state index is 0.0124. The van der Waals surface area contributed by atoms with E-state index in [9.17, 15) is 19.6 Å². The van der Waals surface area contributed by atoms with Crippen molar-refractivity contribution in [3.05, 3.63) is 94.4 Å². The van der Waals surface area contributed by atoms with Crippen LogP contribution in [0.3, 0.4) is 0 Å². The molecule has 3 N–H and O–H groups in total. The van der Waals surface area contributed by atoms with Gasteiger partial charge in [0.2, 0.25) is 0 Å². The van der Waals surface area contributed by atoms with Gasteiger partial charge in [-0.1, -0.05) is 42.5 Å². The van der Waals surface area contributed by atoms with Gasteiger partial charge in [0.25, 0.3) is 11.5 Å². The molecule has 1 aromatic heterocycles. The lowest BCUT2D eigenvalue weighted by Crippen LogP contribution is -2.31. The van der Waals surface area contributed by atoms with E-state index >= 15 is 0 Å². The van der Waals surface area contributed by atoms with Gasteiger partial charge in [0.15, 0.2) is 0 Å². The molecule has 0 bridgehead atoms. The van der Waals surface area contributed by atoms with E-state index in [1.165, 1.54) is 22.8 Å². The molecule has 0 atom stereocenters. The Morgan fingerprint density at radius 3 is 2.50 bits per heavy atom. The van der Waals surface area contributed by atoms with E-state index in [2.05, 4.69) is 5.32 Å². The second-order valence-corrected chi connectivity index (χ2v) is 5.79. The van der Waals surface area contributed by atoms with E-state index in [4.69, 9.17) is 0 Å². The lowest BCUT2D eigenvalue weighted by molar-refractivity contribution is 0.102. The first-order valence-electron chi connectivity index (χ1n) is 8.05. The Kier molecular flexibility index (Phi) is 5.31. The molecule has 3 aromatic rings. The SMILES string of the molecule is O=C(Nc1cccc(B(O)O)c1)c1cccn(Cc2ccccc2)c1=O. The van der Waals surface area contributed by atoms with Gasteiger partial charge in [0.05, 0.1) is 6.54 Å². The van der Waals surface area contributed by atoms with Crippen LogP contribution in [-0.4, -0.2) is 27.6 Å². The van der Waals surface area contributed by atoms with Crippen LogP contribution in [0.1, 0.15) is 15.9 Å². The highest BCUT2D eigenvalue weighted by molar-refractivity contribution is 6.58. The zero-order valence-corrected chi connectivity index (χ0v) is 13.9. The summed E-state index contributed by atoms with van der Waals surface area (Å²) in [5.74, 6) is -0.554. The Labute approximate surface area is 150 Å². The molecule has 0 aliphatic rings. The van der Waals surface area contributed by atoms with E-state index in [-0.39, 0.29) is 11.0 Å². The van der Waals surface area contributed by atoms with Crippen molar-refractivity contribution >= 4 is 24.2 Å². The predicted octanol–water partition coefficient (Wildman–Crippen LogP) is 0.829. The van der Waals surface area contributed by atoms with Gasteiger partial charge in [-0.2, -0.15) is 0 Å². The number of hydrogen-bond acceptors (Lipinski definition) is 4. The number of carbonyl (C=O) groups is 1. The van der Waals surface area contributed by atoms with Crippen LogP contribution < -0.4 is 16.3 Å². The first-order chi connectivity index (χ1) is 12.5. The number of pyridine rings is 1. The lowest BCUT2D eigenvalue weighted by Gasteiger charge is -2.10. The van der Waals surface area contributed by atoms with Crippen LogP contribution in [0.15, 0.2) is 77.7 Å². The molecule has 2 aromatic carbocycles. The summed E-state index contributed by atoms with van der Waals surface area (Å²) in [5, 5.41) is 21.0. The number of carbonyl (C=O) groups excluding carboxylic acids is 1. The van der Waals surface area contributed by atoms with Crippen LogP contribution >= 0.6 is 0 Å². The third-order valence-electron chi connectivity index (χ3n) is 3.90. The van der Waals surface area contributed by atoms with Gasteiger partial charge in [0, 0.05) is 11.9 Å². The second-order valence-electron chi connectivity index (χ2n) is 5.79. The summed E-state index contributed by atoms with van der Waals surface area (Å²) < 4.78 is 1.47. The highest BCUT2D eigenvalue weighted by Crippen LogP contribution is 2.07. The van der Waals surface area contributed by atoms with Crippen molar-refractivity contribution < 1.29 is 14.8 Å². The number of nitrogens with zero attached hydrogens (tertiary/aromatic N) is 1. The van der Waals surface area contributed by atoms with E-state index in [1.54, 1.807) is 24.4 Å². The fourth-order valence-electron chi connectivity index (χ4n) is 2.59. The smallest absolute Gasteiger partial charge is 0.423 e. The van der Waals surface area contributed by atoms with Gasteiger partial charge < -0.3 is 19.9 Å². The fraction of sp³-hybridized carbons (Fsp3) is 0.0526. The number of nitrogens with one attached hydrogen (secondary N) is 1. The summed E-state index contributed by atoms with van der Waals surface area (Å²) in [6, 6.07) is 18.8. The van der Waals surface area contributed by atoms with Gasteiger partial charge in [-0.15, -0.1) is 0 Å². The normalized spacial score (nSPS) is 10.4. The second kappa shape index (κ2) is 7.82. The van der Waals surface area contributed by atoms with Crippen molar-refractivity contribution in [1.29, 1.82) is 0 Å². The lowest BCUT2D eigenvalue weighted by atomic mass is 9.80. The molecule has 130 valence electrons. The molecule has 1 heterocycles. The molecule has 0 unspecified atom stereocenters. The van der Waals surface area contributed by atoms with Crippen molar-refractivity contribution in [2.75, 3.05) is 5.32 Å². The number of aromatic nitrogens is 1. The Morgan fingerprint density at radius 1 is 1.00 bits per heavy atom. The van der Waals surface area contributed by atoms with Gasteiger partial charge in [-0.05, 0) is 35.3 Å². The van der Waals surface area contributed by atoms with Gasteiger partial charge >= 0.3 is 7.12 Å². The van der Waals surface area contributed by atoms with Gasteiger partial charge in [-0.25, -0.2) is 0 Å². The van der Waals surface area contributed by atoms with Crippen molar-refractivity contribution in [2.24, 2.45) is 0 Å². The van der Waals surface area contributed by atoms with Crippen LogP contribution in [0.5, 0.6) is 0 Å². The molecule has 0 radical (unpaired) electrons. The van der Waals surface area contributed by atoms with Crippen LogP contribution in [0.25, 0.3) is 0 Å². The number of amides is 1. The highest BCUT2D eigenvalue weighted by Gasteiger charge is 2.15. The number of rotatable bonds is 5. The molecule has 26 heavy (non-hydrogen) atoms. The largest absolute Gasteiger partial charge is 0.488 e. The molecule has 0 aliphatic carbocycles. The molecule has 0 saturated carbocycles. The number of benzene rings is 2. The minimum atomic E-state index is -1.63. The molecule has 0 fully saturated rings. The van der Waals surface area contributed by atoms with Crippen molar-refractivity contribution in [3.63, 3.8) is 0 Å². The minimum Gasteiger partial charge on any atom is -0.423 e. The van der Waals surface area contributed by atoms with E-state index in [1.807, 2.05) is 30.3 Å². The number of hydrogen-bond donors (Lipinski definition) is 3. The summed E-state index contributed by atoms with van der Waals surface area (Å²) in [6.07, 6.45) is 1.63. The maximum atomic E-state index is 12.6. The summed E-state index contributed by atoms with van der Waals surface area (Å²) in [7, 11) is -1.63. The van der Waals surface area contributed by atoms with Crippen molar-refractivity contribution in [1.82, 2.24) is 4.57 Å². The molecule has 0 saturated heterocycles. The first kappa shape index (κ1) is 17.7. The Morgan fingerprint density at radius 2 is 1.77 bits per heavy atom. The van der Waals surface area contributed by atoms with E-state index in [0.717, 1.165) is 5.56 Å². The zero-order valence-electron chi connectivity index (χ0n) is 13.9. The van der Waals surface area contributed by atoms with Crippen LogP contribution in [0, 0.1) is 0 Å². The summed E-state index contributed by atoms with van der Waals surface area (Å²) >= 11 is 0. The molecular formula is C19H17BN2O4. The average Bonchev–Trinajstić information content (AvgIpc) is 2.64. The van der Waals surface area contributed by atoms with Crippen molar-refractivity contribution in [2.45, 2.75) is 6.54 Å². The van der Waals surface area contributed by atoms with Gasteiger partial charge in [-0.3, -0.25) is 9.59 Å². The maximum Gasteiger partial charge on any atom is 0.488 e. The van der Waals surface area contributed by atoms with Crippen LogP contribution in [0.4, 0.5) is 5.69 Å². The zero-order chi connectivity index (χ0) is 18.5. The quantitative estimate of drug-likeness (QED) is 0.596. The molecular weight excluding hydrogens is 331 g/mol. The van der Waals surface area contributed by atoms with Crippen molar-refractivity contribution in [3.8, 4) is 0 Å². The summed E-state index contributed by atoms with van der Waals surface area (Å²) in [5.41, 5.74) is 1.19. The topological polar surface area (TPSA) is 91.6 Å². The number of anilines is 1. The Balaban J connectivity index is 1.83. The van der Waals surface area contributed by atoms with Crippen LogP contribution in [-0.2, 0) is 6.54 Å². The van der Waals surface area contributed by atoms with Gasteiger partial charge in [0.1, 0.15) is 5.56 Å². The fourth-order valence-corrected chi connectivity index (χ4v) is 2.59. The standard InChI is InChI=1S/C19H17BN2O4/c23-18(21-16-9-4-8-15(12-16)20(25)26)17-10-5-11-22(19(17)24)13-14-6-2-1-3-7-14/h1-12,25-26H,13H2,(H,21,23). The van der Waals surface area contributed by atoms with E-state index < -0.39 is 18.6 Å².